The van der Waals surface area contributed by atoms with E-state index in [4.69, 9.17) is 0 Å². The lowest BCUT2D eigenvalue weighted by atomic mass is 9.86. The average Bonchev–Trinajstić information content (AvgIpc) is 2.51. The largest absolute Gasteiger partial charge is 0.481 e. The van der Waals surface area contributed by atoms with Gasteiger partial charge in [-0.3, -0.25) is 9.59 Å². The number of fused-ring (bicyclic) bond motifs is 1. The Morgan fingerprint density at radius 2 is 1.89 bits per heavy atom. The molecule has 0 aromatic heterocycles. The van der Waals surface area contributed by atoms with Gasteiger partial charge in [0.2, 0.25) is 5.91 Å². The van der Waals surface area contributed by atoms with Crippen molar-refractivity contribution in [1.82, 2.24) is 0 Å². The van der Waals surface area contributed by atoms with E-state index in [1.165, 1.54) is 0 Å². The molecule has 1 amide bonds. The standard InChI is InChI=1S/C15H19NO3/c1-14(2,13(18)19)9-16-11-8-6-5-7-10(11)15(3,4)12(16)17/h5-8H,9H2,1-4H3,(H,18,19). The Labute approximate surface area is 113 Å². The number of hydrogen-bond donors (Lipinski definition) is 1. The maximum Gasteiger partial charge on any atom is 0.310 e. The van der Waals surface area contributed by atoms with Gasteiger partial charge in [-0.15, -0.1) is 0 Å². The third-order valence-corrected chi connectivity index (χ3v) is 3.78. The highest BCUT2D eigenvalue weighted by Gasteiger charge is 2.46. The van der Waals surface area contributed by atoms with E-state index in [2.05, 4.69) is 0 Å². The second-order valence-corrected chi connectivity index (χ2v) is 6.22. The molecule has 0 fully saturated rings. The molecule has 1 aromatic carbocycles. The lowest BCUT2D eigenvalue weighted by Crippen LogP contribution is -2.44. The molecule has 1 N–H and O–H groups in total. The normalized spacial score (nSPS) is 17.5. The van der Waals surface area contributed by atoms with Gasteiger partial charge in [0.05, 0.1) is 10.8 Å². The number of hydrogen-bond acceptors (Lipinski definition) is 2. The third-order valence-electron chi connectivity index (χ3n) is 3.78. The zero-order valence-electron chi connectivity index (χ0n) is 11.7. The van der Waals surface area contributed by atoms with Crippen molar-refractivity contribution in [2.45, 2.75) is 33.1 Å². The Morgan fingerprint density at radius 3 is 2.47 bits per heavy atom. The van der Waals surface area contributed by atoms with Gasteiger partial charge in [-0.2, -0.15) is 0 Å². The number of benzene rings is 1. The summed E-state index contributed by atoms with van der Waals surface area (Å²) in [6, 6.07) is 7.58. The fourth-order valence-corrected chi connectivity index (χ4v) is 2.42. The van der Waals surface area contributed by atoms with E-state index in [1.807, 2.05) is 38.1 Å². The van der Waals surface area contributed by atoms with Crippen LogP contribution in [0.2, 0.25) is 0 Å². The van der Waals surface area contributed by atoms with Gasteiger partial charge in [0, 0.05) is 12.2 Å². The van der Waals surface area contributed by atoms with Gasteiger partial charge in [0.25, 0.3) is 0 Å². The Bertz CT molecular complexity index is 546. The van der Waals surface area contributed by atoms with Gasteiger partial charge in [0.15, 0.2) is 0 Å². The van der Waals surface area contributed by atoms with Gasteiger partial charge in [0.1, 0.15) is 0 Å². The van der Waals surface area contributed by atoms with E-state index in [0.29, 0.717) is 0 Å². The summed E-state index contributed by atoms with van der Waals surface area (Å²) >= 11 is 0. The highest BCUT2D eigenvalue weighted by Crippen LogP contribution is 2.42. The highest BCUT2D eigenvalue weighted by molar-refractivity contribution is 6.07. The molecule has 0 bridgehead atoms. The quantitative estimate of drug-likeness (QED) is 0.909. The lowest BCUT2D eigenvalue weighted by molar-refractivity contribution is -0.146. The zero-order chi connectivity index (χ0) is 14.4. The molecule has 1 heterocycles. The Kier molecular flexibility index (Phi) is 2.92. The number of anilines is 1. The van der Waals surface area contributed by atoms with Crippen LogP contribution in [0.25, 0.3) is 0 Å². The predicted octanol–water partition coefficient (Wildman–Crippen LogP) is 2.42. The minimum Gasteiger partial charge on any atom is -0.481 e. The SMILES string of the molecule is CC(C)(CN1C(=O)C(C)(C)c2ccccc21)C(=O)O. The molecule has 0 atom stereocenters. The van der Waals surface area contributed by atoms with Gasteiger partial charge >= 0.3 is 5.97 Å². The number of carbonyl (C=O) groups excluding carboxylic acids is 1. The molecule has 1 aliphatic heterocycles. The molecule has 0 spiro atoms. The molecule has 4 heteroatoms. The van der Waals surface area contributed by atoms with Crippen molar-refractivity contribution < 1.29 is 14.7 Å². The molecular formula is C15H19NO3. The van der Waals surface area contributed by atoms with Crippen LogP contribution >= 0.6 is 0 Å². The van der Waals surface area contributed by atoms with E-state index >= 15 is 0 Å². The summed E-state index contributed by atoms with van der Waals surface area (Å²) in [5, 5.41) is 9.23. The van der Waals surface area contributed by atoms with E-state index < -0.39 is 16.8 Å². The van der Waals surface area contributed by atoms with Crippen LogP contribution in [-0.2, 0) is 15.0 Å². The van der Waals surface area contributed by atoms with Crippen LogP contribution in [0.4, 0.5) is 5.69 Å². The number of aliphatic carboxylic acids is 1. The van der Waals surface area contributed by atoms with E-state index in [0.717, 1.165) is 11.3 Å². The number of nitrogens with zero attached hydrogens (tertiary/aromatic N) is 1. The van der Waals surface area contributed by atoms with Crippen LogP contribution in [0.15, 0.2) is 24.3 Å². The van der Waals surface area contributed by atoms with Crippen LogP contribution in [0, 0.1) is 5.41 Å². The average molecular weight is 261 g/mol. The van der Waals surface area contributed by atoms with Crippen molar-refractivity contribution in [3.63, 3.8) is 0 Å². The first-order valence-electron chi connectivity index (χ1n) is 6.33. The summed E-state index contributed by atoms with van der Waals surface area (Å²) < 4.78 is 0. The van der Waals surface area contributed by atoms with Crippen molar-refractivity contribution in [1.29, 1.82) is 0 Å². The summed E-state index contributed by atoms with van der Waals surface area (Å²) in [5.41, 5.74) is 0.224. The van der Waals surface area contributed by atoms with Crippen LogP contribution in [0.3, 0.4) is 0 Å². The fraction of sp³-hybridized carbons (Fsp3) is 0.467. The van der Waals surface area contributed by atoms with Crippen molar-refractivity contribution in [3.8, 4) is 0 Å². The topological polar surface area (TPSA) is 57.6 Å². The monoisotopic (exact) mass is 261 g/mol. The summed E-state index contributed by atoms with van der Waals surface area (Å²) in [4.78, 5) is 25.4. The van der Waals surface area contributed by atoms with Crippen LogP contribution in [0.1, 0.15) is 33.3 Å². The zero-order valence-corrected chi connectivity index (χ0v) is 11.7. The molecule has 1 aromatic rings. The number of carboxylic acid groups (broad SMARTS) is 1. The van der Waals surface area contributed by atoms with Crippen molar-refractivity contribution in [2.24, 2.45) is 5.41 Å². The molecule has 0 saturated carbocycles. The number of amides is 1. The predicted molar refractivity (Wildman–Crippen MR) is 73.2 cm³/mol. The lowest BCUT2D eigenvalue weighted by Gasteiger charge is -2.28. The molecule has 0 aliphatic carbocycles. The number of carboxylic acids is 1. The van der Waals surface area contributed by atoms with Gasteiger partial charge in [-0.25, -0.2) is 0 Å². The first-order chi connectivity index (χ1) is 8.68. The Balaban J connectivity index is 2.44. The highest BCUT2D eigenvalue weighted by atomic mass is 16.4. The van der Waals surface area contributed by atoms with Crippen LogP contribution in [-0.4, -0.2) is 23.5 Å². The first-order valence-corrected chi connectivity index (χ1v) is 6.33. The number of rotatable bonds is 3. The second kappa shape index (κ2) is 4.08. The van der Waals surface area contributed by atoms with E-state index in [-0.39, 0.29) is 12.5 Å². The fourth-order valence-electron chi connectivity index (χ4n) is 2.42. The minimum absolute atomic E-state index is 0.0389. The number of carbonyl (C=O) groups is 2. The first kappa shape index (κ1) is 13.6. The van der Waals surface area contributed by atoms with Crippen molar-refractivity contribution in [3.05, 3.63) is 29.8 Å². The van der Waals surface area contributed by atoms with Gasteiger partial charge < -0.3 is 10.0 Å². The van der Waals surface area contributed by atoms with Crippen molar-refractivity contribution >= 4 is 17.6 Å². The second-order valence-electron chi connectivity index (χ2n) is 6.22. The molecule has 19 heavy (non-hydrogen) atoms. The summed E-state index contributed by atoms with van der Waals surface area (Å²) in [6.07, 6.45) is 0. The number of para-hydroxylation sites is 1. The van der Waals surface area contributed by atoms with E-state index in [1.54, 1.807) is 18.7 Å². The minimum atomic E-state index is -0.969. The van der Waals surface area contributed by atoms with Crippen molar-refractivity contribution in [2.75, 3.05) is 11.4 Å². The Morgan fingerprint density at radius 1 is 1.32 bits per heavy atom. The third kappa shape index (κ3) is 2.01. The van der Waals surface area contributed by atoms with Crippen LogP contribution in [0.5, 0.6) is 0 Å². The molecule has 0 unspecified atom stereocenters. The maximum atomic E-state index is 12.5. The van der Waals surface area contributed by atoms with Gasteiger partial charge in [-0.05, 0) is 39.3 Å². The smallest absolute Gasteiger partial charge is 0.310 e. The summed E-state index contributed by atoms with van der Waals surface area (Å²) in [6.45, 7) is 7.21. The van der Waals surface area contributed by atoms with Crippen LogP contribution < -0.4 is 4.90 Å². The molecular weight excluding hydrogens is 242 g/mol. The molecule has 4 nitrogen and oxygen atoms in total. The maximum absolute atomic E-state index is 12.5. The molecule has 1 aliphatic rings. The molecule has 0 saturated heterocycles. The molecule has 102 valence electrons. The Hall–Kier alpha value is -1.84. The summed E-state index contributed by atoms with van der Waals surface area (Å²) in [5.74, 6) is -0.939. The molecule has 0 radical (unpaired) electrons. The van der Waals surface area contributed by atoms with Gasteiger partial charge in [-0.1, -0.05) is 18.2 Å². The van der Waals surface area contributed by atoms with E-state index in [9.17, 15) is 14.7 Å². The molecule has 2 rings (SSSR count). The summed E-state index contributed by atoms with van der Waals surface area (Å²) in [7, 11) is 0.